The van der Waals surface area contributed by atoms with Crippen molar-refractivity contribution in [3.8, 4) is 0 Å². The smallest absolute Gasteiger partial charge is 0 e. The van der Waals surface area contributed by atoms with Crippen LogP contribution in [-0.2, 0) is 37.7 Å². The van der Waals surface area contributed by atoms with E-state index in [9.17, 15) is 14.4 Å². The van der Waals surface area contributed by atoms with Crippen molar-refractivity contribution in [2.75, 3.05) is 79.4 Å². The fourth-order valence-electron chi connectivity index (χ4n) is 8.28. The quantitative estimate of drug-likeness (QED) is 0.108. The Hall–Kier alpha value is -0.231. The molecule has 75 heavy (non-hydrogen) atoms. The number of piperazine rings is 3. The van der Waals surface area contributed by atoms with Crippen LogP contribution < -0.4 is 20.9 Å². The number of aromatic nitrogens is 3. The molecular weight excluding hydrogens is 1600 g/mol. The van der Waals surface area contributed by atoms with Crippen LogP contribution in [0.4, 0.5) is 31.6 Å². The summed E-state index contributed by atoms with van der Waals surface area (Å²) in [6.45, 7) is 24.3. The Morgan fingerprint density at radius 2 is 0.973 bits per heavy atom. The Kier molecular flexibility index (Phi) is 29.5. The summed E-state index contributed by atoms with van der Waals surface area (Å²) in [5.74, 6) is 0.525. The van der Waals surface area contributed by atoms with Gasteiger partial charge in [-0.3, -0.25) is 14.7 Å². The molecule has 3 aromatic heterocycles. The molecule has 3 N–H and O–H groups in total. The number of hydrogen-bond acceptors (Lipinski definition) is 13. The number of anilines is 3. The molecule has 421 valence electrons. The van der Waals surface area contributed by atoms with Gasteiger partial charge in [-0.25, -0.2) is 29.3 Å². The topological polar surface area (TPSA) is 172 Å². The maximum Gasteiger partial charge on any atom is 0 e. The molecule has 1 radical (unpaired) electrons. The summed E-state index contributed by atoms with van der Waals surface area (Å²) >= 11 is 24.1. The molecule has 9 rings (SSSR count). The van der Waals surface area contributed by atoms with Gasteiger partial charge in [-0.15, -0.1) is 0 Å². The van der Waals surface area contributed by atoms with Crippen molar-refractivity contribution in [2.24, 2.45) is 0 Å². The maximum atomic E-state index is 12.4. The zero-order chi connectivity index (χ0) is 54.6. The van der Waals surface area contributed by atoms with Gasteiger partial charge in [-0.1, -0.05) is 53.2 Å². The van der Waals surface area contributed by atoms with E-state index in [0.717, 1.165) is 100 Å². The normalized spacial score (nSPS) is 18.2. The van der Waals surface area contributed by atoms with Gasteiger partial charge in [0.15, 0.2) is 0 Å². The number of rotatable bonds is 2. The van der Waals surface area contributed by atoms with Crippen molar-refractivity contribution in [3.05, 3.63) is 69.8 Å². The number of nitrogens with zero attached hydrogens (tertiary/aromatic N) is 8. The van der Waals surface area contributed by atoms with Crippen LogP contribution in [0.1, 0.15) is 108 Å². The van der Waals surface area contributed by atoms with Gasteiger partial charge in [0.05, 0.1) is 40.4 Å². The first-order chi connectivity index (χ1) is 34.0. The van der Waals surface area contributed by atoms with Gasteiger partial charge >= 0.3 is 83.1 Å². The van der Waals surface area contributed by atoms with Gasteiger partial charge in [0.1, 0.15) is 32.9 Å². The Labute approximate surface area is 528 Å². The average Bonchev–Trinajstić information content (AvgIpc) is 4.25. The van der Waals surface area contributed by atoms with E-state index in [1.807, 2.05) is 106 Å². The summed E-state index contributed by atoms with van der Waals surface area (Å²) in [6, 6.07) is 11.2. The Bertz CT molecular complexity index is 2110. The summed E-state index contributed by atoms with van der Waals surface area (Å²) in [6.07, 6.45) is 11.1. The zero-order valence-corrected chi connectivity index (χ0v) is 58.5. The molecule has 3 aliphatic heterocycles. The second-order valence-electron chi connectivity index (χ2n) is 21.4. The first kappa shape index (κ1) is 70.9. The summed E-state index contributed by atoms with van der Waals surface area (Å²) in [5.41, 5.74) is 6.41. The molecule has 3 spiro atoms. The Morgan fingerprint density at radius 3 is 1.28 bits per heavy atom. The number of carbonyl (C=O) groups excluding carboxylic acids is 3. The second kappa shape index (κ2) is 31.3. The third kappa shape index (κ3) is 24.0. The minimum atomic E-state index is -0.454. The predicted molar refractivity (Wildman–Crippen MR) is 336 cm³/mol. The summed E-state index contributed by atoms with van der Waals surface area (Å²) < 4.78 is 17.5. The van der Waals surface area contributed by atoms with Crippen molar-refractivity contribution in [2.45, 2.75) is 142 Å². The van der Waals surface area contributed by atoms with Crippen LogP contribution in [-0.4, -0.2) is 145 Å². The maximum absolute atomic E-state index is 12.4. The molecule has 0 atom stereocenters. The van der Waals surface area contributed by atoms with Crippen LogP contribution in [0.25, 0.3) is 0 Å². The van der Waals surface area contributed by atoms with E-state index in [1.54, 1.807) is 30.7 Å². The third-order valence-corrected chi connectivity index (χ3v) is 13.0. The minimum absolute atomic E-state index is 0. The van der Waals surface area contributed by atoms with E-state index in [-0.39, 0.29) is 65.8 Å². The number of pyridine rings is 3. The number of nitrogens with two attached hydrogens (primary N) is 1. The Morgan fingerprint density at radius 1 is 0.613 bits per heavy atom. The molecule has 0 aromatic carbocycles. The summed E-state index contributed by atoms with van der Waals surface area (Å²) in [5, 5.41) is 4.35. The molecule has 0 unspecified atom stereocenters. The zero-order valence-electron chi connectivity index (χ0n) is 43.9. The van der Waals surface area contributed by atoms with E-state index in [0.29, 0.717) is 29.2 Å². The van der Waals surface area contributed by atoms with E-state index in [1.165, 1.54) is 0 Å². The molecule has 25 heteroatoms. The van der Waals surface area contributed by atoms with E-state index >= 15 is 0 Å². The summed E-state index contributed by atoms with van der Waals surface area (Å²) in [4.78, 5) is 60.9. The van der Waals surface area contributed by atoms with Crippen molar-refractivity contribution in [1.82, 2.24) is 35.0 Å². The molecule has 3 saturated carbocycles. The first-order valence-corrected chi connectivity index (χ1v) is 41.2. The van der Waals surface area contributed by atoms with Crippen LogP contribution in [0, 0.1) is 0 Å². The number of halogens is 7. The van der Waals surface area contributed by atoms with Crippen LogP contribution in [0.5, 0.6) is 0 Å². The number of ether oxygens (including phenoxy) is 3. The number of amides is 3. The van der Waals surface area contributed by atoms with Crippen molar-refractivity contribution in [3.63, 3.8) is 0 Å². The molecule has 3 amide bonds. The molecule has 3 saturated heterocycles. The number of hydrogen-bond donors (Lipinski definition) is 2. The fourth-order valence-corrected chi connectivity index (χ4v) is 8.74. The van der Waals surface area contributed by atoms with Gasteiger partial charge in [0.25, 0.3) is 0 Å². The molecule has 0 bridgehead atoms. The van der Waals surface area contributed by atoms with E-state index in [2.05, 4.69) is 129 Å². The van der Waals surface area contributed by atoms with Gasteiger partial charge < -0.3 is 35.1 Å². The fraction of sp³-hybridized carbons (Fsp3) is 0.640. The van der Waals surface area contributed by atoms with Crippen LogP contribution >= 0.6 is 122 Å². The predicted octanol–water partition coefficient (Wildman–Crippen LogP) is 13.8. The number of nitrogens with one attached hydrogen (secondary N) is 1. The first-order valence-electron chi connectivity index (χ1n) is 24.0. The van der Waals surface area contributed by atoms with Gasteiger partial charge in [-0.05, 0) is 158 Å². The third-order valence-electron chi connectivity index (χ3n) is 12.1. The number of nitrogen functional groups attached to an aromatic ring is 1. The standard InChI is InChI=1S/C16H22ClN3O2.C16H24N4O2.C11H20N2O2.C5H3BrClN.CH3I.CH4.3HI.2V/c2*1-15(2,3)22-14(21)20-9-8-19(11-16(20)6-7-16)12-4-5-13(17)18-10-12;1-10(2,3)15-9(14)13-7-6-12-8-11(13)4-5-11;6-4-1-2-5(7)8-3-4;1-2;;;;;;/h4-5,10H,6-9,11H2,1-3H3;4-5,10H,6-9,11H2,1-3H3,(H2,17,18);12H,4-8H2,1-3H3;1-3H;1H3;1H4;3*1H;;/q;;;;;;;;;;+3/p-3. The Balaban J connectivity index is 0.000000341. The molecule has 6 fully saturated rings. The van der Waals surface area contributed by atoms with Crippen molar-refractivity contribution in [1.29, 1.82) is 0 Å². The van der Waals surface area contributed by atoms with Crippen molar-refractivity contribution >= 4 is 157 Å². The monoisotopic (exact) mass is 1670 g/mol. The van der Waals surface area contributed by atoms with Crippen molar-refractivity contribution < 1.29 is 52.1 Å². The molecule has 3 aromatic rings. The van der Waals surface area contributed by atoms with Crippen LogP contribution in [0.3, 0.4) is 0 Å². The minimum Gasteiger partial charge on any atom is 0 e. The average molecular weight is 1670 g/mol. The van der Waals surface area contributed by atoms with Gasteiger partial charge in [0.2, 0.25) is 0 Å². The van der Waals surface area contributed by atoms with E-state index < -0.39 is 16.8 Å². The largest absolute Gasteiger partial charge is 0 e. The molecule has 6 aliphatic rings. The van der Waals surface area contributed by atoms with E-state index in [4.69, 9.17) is 43.1 Å². The SMILES string of the molecule is C.CC(C)(C)OC(=O)N1CCN(c2ccc(Cl)nc2)CC12CC2.CC(C)(C)OC(=O)N1CCN(c2ccc(N)nc2)CC12CC2.CC(C)(C)OC(=O)N1CCNCC12CC2.CI.Clc1ccc(Br)cn1.[I][V]([I])[I].[V]. The number of alkyl halides is 1. The van der Waals surface area contributed by atoms with Crippen LogP contribution in [0.15, 0.2) is 59.5 Å². The van der Waals surface area contributed by atoms with Crippen LogP contribution in [0.2, 0.25) is 10.3 Å². The molecule has 6 heterocycles. The summed E-state index contributed by atoms with van der Waals surface area (Å²) in [7, 11) is 0. The molecule has 16 nitrogen and oxygen atoms in total. The second-order valence-corrected chi connectivity index (χ2v) is 58.4. The molecular formula is C50H76BrCl2I4N10O6V2. The van der Waals surface area contributed by atoms with Gasteiger partial charge in [0, 0.05) is 88.1 Å². The van der Waals surface area contributed by atoms with Gasteiger partial charge in [-0.2, -0.15) is 0 Å². The molecule has 3 aliphatic carbocycles. The number of carbonyl (C=O) groups is 3.